The number of alkyl halides is 3. The summed E-state index contributed by atoms with van der Waals surface area (Å²) >= 11 is 0. The van der Waals surface area contributed by atoms with Gasteiger partial charge >= 0.3 is 6.18 Å². The Kier molecular flexibility index (Phi) is 7.60. The molecule has 4 aromatic rings. The predicted octanol–water partition coefficient (Wildman–Crippen LogP) is 5.25. The number of ether oxygens (including phenoxy) is 1. The van der Waals surface area contributed by atoms with Crippen molar-refractivity contribution in [1.29, 1.82) is 0 Å². The van der Waals surface area contributed by atoms with Gasteiger partial charge in [0, 0.05) is 11.8 Å². The Morgan fingerprint density at radius 2 is 1.84 bits per heavy atom. The summed E-state index contributed by atoms with van der Waals surface area (Å²) in [5, 5.41) is 13.2. The highest BCUT2D eigenvalue weighted by Crippen LogP contribution is 2.31. The Balaban J connectivity index is 1.70. The van der Waals surface area contributed by atoms with Crippen LogP contribution in [0.1, 0.15) is 34.6 Å². The van der Waals surface area contributed by atoms with Crippen LogP contribution >= 0.6 is 0 Å². The Labute approximate surface area is 215 Å². The molecular formula is C26H24F4N6O2. The second kappa shape index (κ2) is 10.9. The Bertz CT molecular complexity index is 1440. The molecule has 0 spiro atoms. The molecule has 8 nitrogen and oxygen atoms in total. The van der Waals surface area contributed by atoms with Gasteiger partial charge in [0.15, 0.2) is 5.82 Å². The molecule has 2 heterocycles. The monoisotopic (exact) mass is 528 g/mol. The summed E-state index contributed by atoms with van der Waals surface area (Å²) in [6, 6.07) is 11.7. The average Bonchev–Trinajstić information content (AvgIpc) is 3.33. The van der Waals surface area contributed by atoms with E-state index in [4.69, 9.17) is 4.74 Å². The zero-order valence-corrected chi connectivity index (χ0v) is 20.7. The fraction of sp³-hybridized carbons (Fsp3) is 0.231. The van der Waals surface area contributed by atoms with Crippen LogP contribution in [0.3, 0.4) is 0 Å². The van der Waals surface area contributed by atoms with Crippen LogP contribution in [0.25, 0.3) is 16.9 Å². The third-order valence-electron chi connectivity index (χ3n) is 5.68. The zero-order chi connectivity index (χ0) is 27.4. The van der Waals surface area contributed by atoms with Crippen LogP contribution in [0.5, 0.6) is 5.75 Å². The number of carbonyl (C=O) groups is 1. The van der Waals surface area contributed by atoms with Gasteiger partial charge in [-0.1, -0.05) is 18.2 Å². The van der Waals surface area contributed by atoms with Crippen molar-refractivity contribution >= 4 is 11.7 Å². The number of aryl methyl sites for hydroxylation is 1. The van der Waals surface area contributed by atoms with E-state index in [-0.39, 0.29) is 17.1 Å². The van der Waals surface area contributed by atoms with E-state index in [9.17, 15) is 22.4 Å². The van der Waals surface area contributed by atoms with Crippen LogP contribution < -0.4 is 15.4 Å². The molecule has 0 aliphatic carbocycles. The lowest BCUT2D eigenvalue weighted by Crippen LogP contribution is -2.34. The number of imidazole rings is 1. The summed E-state index contributed by atoms with van der Waals surface area (Å²) < 4.78 is 59.0. The van der Waals surface area contributed by atoms with E-state index in [1.807, 2.05) is 18.4 Å². The second-order valence-electron chi connectivity index (χ2n) is 8.52. The molecule has 0 aliphatic rings. The van der Waals surface area contributed by atoms with Gasteiger partial charge in [-0.05, 0) is 49.7 Å². The van der Waals surface area contributed by atoms with Crippen LogP contribution in [-0.2, 0) is 0 Å². The molecule has 12 heteroatoms. The van der Waals surface area contributed by atoms with Gasteiger partial charge in [-0.3, -0.25) is 4.79 Å². The van der Waals surface area contributed by atoms with Gasteiger partial charge in [-0.15, -0.1) is 10.2 Å². The minimum Gasteiger partial charge on any atom is -0.495 e. The van der Waals surface area contributed by atoms with Crippen molar-refractivity contribution in [2.24, 2.45) is 0 Å². The van der Waals surface area contributed by atoms with E-state index in [1.165, 1.54) is 25.3 Å². The van der Waals surface area contributed by atoms with Gasteiger partial charge in [0.05, 0.1) is 42.1 Å². The summed E-state index contributed by atoms with van der Waals surface area (Å²) in [7, 11) is 1.50. The van der Waals surface area contributed by atoms with E-state index in [1.54, 1.807) is 48.1 Å². The van der Waals surface area contributed by atoms with Gasteiger partial charge in [-0.2, -0.15) is 13.2 Å². The first-order chi connectivity index (χ1) is 18.0. The van der Waals surface area contributed by atoms with Gasteiger partial charge < -0.3 is 19.9 Å². The Hall–Kier alpha value is -4.48. The molecule has 0 fully saturated rings. The van der Waals surface area contributed by atoms with Crippen molar-refractivity contribution in [1.82, 2.24) is 25.1 Å². The van der Waals surface area contributed by atoms with E-state index in [0.717, 1.165) is 5.69 Å². The molecule has 1 atom stereocenters. The topological polar surface area (TPSA) is 94.0 Å². The maximum Gasteiger partial charge on any atom is 0.405 e. The van der Waals surface area contributed by atoms with E-state index >= 15 is 0 Å². The van der Waals surface area contributed by atoms with Crippen molar-refractivity contribution in [3.8, 4) is 22.7 Å². The number of nitrogens with zero attached hydrogens (tertiary/aromatic N) is 4. The number of methoxy groups -OCH3 is 1. The molecule has 2 N–H and O–H groups in total. The quantitative estimate of drug-likeness (QED) is 0.304. The van der Waals surface area contributed by atoms with Gasteiger partial charge in [-0.25, -0.2) is 9.37 Å². The summed E-state index contributed by atoms with van der Waals surface area (Å²) in [5.41, 5.74) is 2.83. The van der Waals surface area contributed by atoms with Crippen LogP contribution in [0, 0.1) is 12.7 Å². The maximum absolute atomic E-state index is 13.3. The highest BCUT2D eigenvalue weighted by atomic mass is 19.4. The molecule has 2 aromatic heterocycles. The molecule has 0 saturated heterocycles. The maximum atomic E-state index is 13.3. The smallest absolute Gasteiger partial charge is 0.405 e. The largest absolute Gasteiger partial charge is 0.495 e. The van der Waals surface area contributed by atoms with E-state index in [0.29, 0.717) is 22.6 Å². The Morgan fingerprint density at radius 1 is 1.11 bits per heavy atom. The molecule has 4 rings (SSSR count). The third-order valence-corrected chi connectivity index (χ3v) is 5.68. The van der Waals surface area contributed by atoms with Gasteiger partial charge in [0.2, 0.25) is 0 Å². The average molecular weight is 529 g/mol. The number of halogens is 4. The summed E-state index contributed by atoms with van der Waals surface area (Å²) in [6.45, 7) is 2.08. The van der Waals surface area contributed by atoms with Crippen LogP contribution in [0.15, 0.2) is 61.1 Å². The molecule has 0 saturated carbocycles. The van der Waals surface area contributed by atoms with Crippen molar-refractivity contribution < 1.29 is 27.1 Å². The molecule has 0 bridgehead atoms. The number of rotatable bonds is 8. The first-order valence-electron chi connectivity index (χ1n) is 11.5. The fourth-order valence-electron chi connectivity index (χ4n) is 3.73. The minimum absolute atomic E-state index is 0.0253. The third kappa shape index (κ3) is 6.25. The lowest BCUT2D eigenvalue weighted by molar-refractivity contribution is -0.123. The zero-order valence-electron chi connectivity index (χ0n) is 20.7. The molecular weight excluding hydrogens is 504 g/mol. The van der Waals surface area contributed by atoms with Crippen molar-refractivity contribution in [3.63, 3.8) is 0 Å². The van der Waals surface area contributed by atoms with E-state index < -0.39 is 30.5 Å². The highest BCUT2D eigenvalue weighted by molar-refractivity contribution is 5.99. The number of hydrogen-bond acceptors (Lipinski definition) is 6. The summed E-state index contributed by atoms with van der Waals surface area (Å²) in [5.74, 6) is -0.939. The number of hydrogen-bond donors (Lipinski definition) is 2. The molecule has 198 valence electrons. The summed E-state index contributed by atoms with van der Waals surface area (Å²) in [6.07, 6.45) is -1.13. The number of aromatic nitrogens is 4. The van der Waals surface area contributed by atoms with Crippen LogP contribution in [0.2, 0.25) is 0 Å². The number of amides is 1. The lowest BCUT2D eigenvalue weighted by atomic mass is 10.1. The normalized spacial score (nSPS) is 12.2. The highest BCUT2D eigenvalue weighted by Gasteiger charge is 2.29. The molecule has 0 unspecified atom stereocenters. The van der Waals surface area contributed by atoms with Gasteiger partial charge in [0.25, 0.3) is 5.91 Å². The van der Waals surface area contributed by atoms with Crippen molar-refractivity contribution in [2.75, 3.05) is 19.0 Å². The molecule has 0 radical (unpaired) electrons. The number of benzene rings is 2. The first kappa shape index (κ1) is 26.6. The number of carbonyl (C=O) groups excluding carboxylic acids is 1. The fourth-order valence-corrected chi connectivity index (χ4v) is 3.73. The molecule has 2 aromatic carbocycles. The summed E-state index contributed by atoms with van der Waals surface area (Å²) in [4.78, 5) is 17.0. The number of nitrogens with one attached hydrogen (secondary N) is 2. The van der Waals surface area contributed by atoms with E-state index in [2.05, 4.69) is 20.5 Å². The van der Waals surface area contributed by atoms with Crippen LogP contribution in [0.4, 0.5) is 23.4 Å². The first-order valence-corrected chi connectivity index (χ1v) is 11.5. The van der Waals surface area contributed by atoms with Crippen molar-refractivity contribution in [2.45, 2.75) is 26.1 Å². The number of anilines is 1. The predicted molar refractivity (Wildman–Crippen MR) is 133 cm³/mol. The van der Waals surface area contributed by atoms with Crippen LogP contribution in [-0.4, -0.2) is 45.5 Å². The second-order valence-corrected chi connectivity index (χ2v) is 8.52. The van der Waals surface area contributed by atoms with Gasteiger partial charge in [0.1, 0.15) is 18.1 Å². The SMILES string of the molecule is COc1cc(-c2cc(C(=O)NCC(F)(F)F)c(N[C@@H](C)c3ccc(F)cc3)nn2)ccc1-n1cnc(C)c1. The molecule has 0 aliphatic heterocycles. The minimum atomic E-state index is -4.59. The molecule has 1 amide bonds. The molecule has 38 heavy (non-hydrogen) atoms. The van der Waals surface area contributed by atoms with Crippen molar-refractivity contribution in [3.05, 3.63) is 83.7 Å². The standard InChI is InChI=1S/C26H24F4N6O2/c1-15-12-36(14-32-15)22-9-6-18(10-23(22)38-3)21-11-20(25(37)31-13-26(28,29)30)24(35-34-21)33-16(2)17-4-7-19(27)8-5-17/h4-12,14,16H,13H2,1-3H3,(H,31,37)(H,33,35)/t16-/m0/s1. The lowest BCUT2D eigenvalue weighted by Gasteiger charge is -2.18. The Morgan fingerprint density at radius 3 is 2.47 bits per heavy atom.